The number of carbonyl (C=O) groups excluding carboxylic acids is 1. The quantitative estimate of drug-likeness (QED) is 0.860. The average Bonchev–Trinajstić information content (AvgIpc) is 2.51. The number of hydrogen-bond donors (Lipinski definition) is 1. The first-order valence-electron chi connectivity index (χ1n) is 9.52. The molecule has 2 bridgehead atoms. The molecule has 2 heterocycles. The second kappa shape index (κ2) is 6.76. The number of fused-ring (bicyclic) bond motifs is 2. The molecule has 2 atom stereocenters. The summed E-state index contributed by atoms with van der Waals surface area (Å²) in [7, 11) is 1.65. The zero-order chi connectivity index (χ0) is 19.1. The van der Waals surface area contributed by atoms with Crippen molar-refractivity contribution >= 4 is 6.09 Å². The number of ether oxygens (including phenoxy) is 2. The van der Waals surface area contributed by atoms with Crippen molar-refractivity contribution < 1.29 is 19.4 Å². The Morgan fingerprint density at radius 1 is 1.23 bits per heavy atom. The van der Waals surface area contributed by atoms with E-state index in [9.17, 15) is 9.90 Å². The van der Waals surface area contributed by atoms with Crippen molar-refractivity contribution in [1.82, 2.24) is 4.90 Å². The molecule has 144 valence electrons. The molecule has 3 rings (SSSR count). The Balaban J connectivity index is 1.86. The van der Waals surface area contributed by atoms with E-state index >= 15 is 0 Å². The van der Waals surface area contributed by atoms with Crippen molar-refractivity contribution in [3.63, 3.8) is 0 Å². The highest BCUT2D eigenvalue weighted by Crippen LogP contribution is 2.46. The van der Waals surface area contributed by atoms with Crippen LogP contribution in [0.3, 0.4) is 0 Å². The first kappa shape index (κ1) is 19.0. The molecule has 2 saturated heterocycles. The standard InChI is InChI=1S/C21H31NO4/c1-14-11-17(25-5)9-10-18(14)21(24)12-15-7-6-8-16(13-21)22(15)19(23)26-20(2,3)4/h9-11,15-16,24H,6-8,12-13H2,1-5H3. The molecule has 1 aromatic carbocycles. The molecular formula is C21H31NO4. The van der Waals surface area contributed by atoms with Crippen LogP contribution in [-0.4, -0.2) is 40.9 Å². The van der Waals surface area contributed by atoms with Gasteiger partial charge in [0, 0.05) is 24.9 Å². The zero-order valence-corrected chi connectivity index (χ0v) is 16.5. The molecule has 1 N–H and O–H groups in total. The molecule has 2 fully saturated rings. The van der Waals surface area contributed by atoms with Crippen LogP contribution in [0.15, 0.2) is 18.2 Å². The summed E-state index contributed by atoms with van der Waals surface area (Å²) in [6.07, 6.45) is 3.76. The van der Waals surface area contributed by atoms with Crippen LogP contribution in [-0.2, 0) is 10.3 Å². The molecule has 0 aliphatic carbocycles. The topological polar surface area (TPSA) is 59.0 Å². The Morgan fingerprint density at radius 2 is 1.85 bits per heavy atom. The number of hydrogen-bond acceptors (Lipinski definition) is 4. The molecule has 2 unspecified atom stereocenters. The fourth-order valence-electron chi connectivity index (χ4n) is 4.55. The summed E-state index contributed by atoms with van der Waals surface area (Å²) in [5.74, 6) is 0.793. The van der Waals surface area contributed by atoms with E-state index in [-0.39, 0.29) is 18.2 Å². The number of aryl methyl sites for hydroxylation is 1. The third-order valence-corrected chi connectivity index (χ3v) is 5.55. The first-order valence-corrected chi connectivity index (χ1v) is 9.52. The van der Waals surface area contributed by atoms with E-state index in [1.54, 1.807) is 7.11 Å². The van der Waals surface area contributed by atoms with Gasteiger partial charge in [-0.25, -0.2) is 4.79 Å². The van der Waals surface area contributed by atoms with Crippen LogP contribution in [0, 0.1) is 6.92 Å². The van der Waals surface area contributed by atoms with E-state index in [0.29, 0.717) is 12.8 Å². The molecule has 0 radical (unpaired) electrons. The van der Waals surface area contributed by atoms with E-state index in [0.717, 1.165) is 36.1 Å². The van der Waals surface area contributed by atoms with E-state index < -0.39 is 11.2 Å². The van der Waals surface area contributed by atoms with Crippen molar-refractivity contribution in [3.8, 4) is 5.75 Å². The minimum absolute atomic E-state index is 0.0175. The zero-order valence-electron chi connectivity index (χ0n) is 16.5. The molecule has 1 amide bonds. The van der Waals surface area contributed by atoms with Crippen LogP contribution in [0.4, 0.5) is 4.79 Å². The largest absolute Gasteiger partial charge is 0.497 e. The molecular weight excluding hydrogens is 330 g/mol. The summed E-state index contributed by atoms with van der Waals surface area (Å²) in [6.45, 7) is 7.68. The Hall–Kier alpha value is -1.75. The number of piperidine rings is 2. The normalized spacial score (nSPS) is 28.6. The summed E-state index contributed by atoms with van der Waals surface area (Å²) in [5, 5.41) is 11.5. The van der Waals surface area contributed by atoms with Crippen molar-refractivity contribution in [2.75, 3.05) is 7.11 Å². The van der Waals surface area contributed by atoms with Crippen LogP contribution in [0.5, 0.6) is 5.75 Å². The number of nitrogens with zero attached hydrogens (tertiary/aromatic N) is 1. The van der Waals surface area contributed by atoms with Gasteiger partial charge in [-0.1, -0.05) is 6.07 Å². The number of rotatable bonds is 2. The van der Waals surface area contributed by atoms with Gasteiger partial charge < -0.3 is 19.5 Å². The van der Waals surface area contributed by atoms with Gasteiger partial charge in [-0.15, -0.1) is 0 Å². The SMILES string of the molecule is COc1ccc(C2(O)CC3CCCC(C2)N3C(=O)OC(C)(C)C)c(C)c1. The lowest BCUT2D eigenvalue weighted by atomic mass is 9.72. The minimum atomic E-state index is -0.912. The van der Waals surface area contributed by atoms with E-state index in [2.05, 4.69) is 0 Å². The predicted octanol–water partition coefficient (Wildman–Crippen LogP) is 4.14. The van der Waals surface area contributed by atoms with E-state index in [4.69, 9.17) is 9.47 Å². The first-order chi connectivity index (χ1) is 12.1. The highest BCUT2D eigenvalue weighted by atomic mass is 16.6. The summed E-state index contributed by atoms with van der Waals surface area (Å²) in [5.41, 5.74) is 0.547. The maximum absolute atomic E-state index is 12.7. The molecule has 2 aliphatic heterocycles. The van der Waals surface area contributed by atoms with Crippen LogP contribution >= 0.6 is 0 Å². The lowest BCUT2D eigenvalue weighted by Gasteiger charge is -2.52. The van der Waals surface area contributed by atoms with Crippen molar-refractivity contribution in [2.24, 2.45) is 0 Å². The monoisotopic (exact) mass is 361 g/mol. The second-order valence-electron chi connectivity index (χ2n) is 8.75. The lowest BCUT2D eigenvalue weighted by molar-refractivity contribution is -0.0967. The minimum Gasteiger partial charge on any atom is -0.497 e. The number of carbonyl (C=O) groups is 1. The maximum Gasteiger partial charge on any atom is 0.410 e. The Morgan fingerprint density at radius 3 is 2.35 bits per heavy atom. The van der Waals surface area contributed by atoms with Gasteiger partial charge in [0.25, 0.3) is 0 Å². The van der Waals surface area contributed by atoms with Gasteiger partial charge in [-0.2, -0.15) is 0 Å². The maximum atomic E-state index is 12.7. The van der Waals surface area contributed by atoms with Crippen LogP contribution < -0.4 is 4.74 Å². The predicted molar refractivity (Wildman–Crippen MR) is 100 cm³/mol. The molecule has 1 aromatic rings. The molecule has 5 nitrogen and oxygen atoms in total. The molecule has 0 aromatic heterocycles. The number of methoxy groups -OCH3 is 1. The number of amides is 1. The number of aliphatic hydroxyl groups is 1. The van der Waals surface area contributed by atoms with Crippen molar-refractivity contribution in [1.29, 1.82) is 0 Å². The Labute approximate surface area is 156 Å². The average molecular weight is 361 g/mol. The van der Waals surface area contributed by atoms with Gasteiger partial charge in [-0.3, -0.25) is 0 Å². The molecule has 0 saturated carbocycles. The van der Waals surface area contributed by atoms with Crippen LogP contribution in [0.1, 0.15) is 64.0 Å². The third kappa shape index (κ3) is 3.68. The van der Waals surface area contributed by atoms with Crippen molar-refractivity contribution in [2.45, 2.75) is 83.1 Å². The highest BCUT2D eigenvalue weighted by Gasteiger charge is 2.49. The fraction of sp³-hybridized carbons (Fsp3) is 0.667. The Kier molecular flexibility index (Phi) is 4.95. The summed E-state index contributed by atoms with van der Waals surface area (Å²) in [6, 6.07) is 5.86. The summed E-state index contributed by atoms with van der Waals surface area (Å²) >= 11 is 0. The lowest BCUT2D eigenvalue weighted by Crippen LogP contribution is -2.59. The fourth-order valence-corrected chi connectivity index (χ4v) is 4.55. The van der Waals surface area contributed by atoms with E-state index in [1.807, 2.05) is 50.8 Å². The number of benzene rings is 1. The summed E-state index contributed by atoms with van der Waals surface area (Å²) in [4.78, 5) is 14.6. The second-order valence-corrected chi connectivity index (χ2v) is 8.75. The van der Waals surface area contributed by atoms with Crippen LogP contribution in [0.2, 0.25) is 0 Å². The smallest absolute Gasteiger partial charge is 0.410 e. The molecule has 5 heteroatoms. The van der Waals surface area contributed by atoms with Crippen LogP contribution in [0.25, 0.3) is 0 Å². The van der Waals surface area contributed by atoms with Gasteiger partial charge in [0.2, 0.25) is 0 Å². The van der Waals surface area contributed by atoms with Gasteiger partial charge in [0.1, 0.15) is 11.4 Å². The van der Waals surface area contributed by atoms with Gasteiger partial charge in [0.15, 0.2) is 0 Å². The highest BCUT2D eigenvalue weighted by molar-refractivity contribution is 5.69. The van der Waals surface area contributed by atoms with Gasteiger partial charge in [-0.05, 0) is 70.2 Å². The molecule has 2 aliphatic rings. The van der Waals surface area contributed by atoms with Gasteiger partial charge in [0.05, 0.1) is 12.7 Å². The summed E-state index contributed by atoms with van der Waals surface area (Å²) < 4.78 is 10.9. The third-order valence-electron chi connectivity index (χ3n) is 5.55. The molecule has 26 heavy (non-hydrogen) atoms. The van der Waals surface area contributed by atoms with Crippen molar-refractivity contribution in [3.05, 3.63) is 29.3 Å². The molecule has 0 spiro atoms. The van der Waals surface area contributed by atoms with E-state index in [1.165, 1.54) is 0 Å². The Bertz CT molecular complexity index is 665. The van der Waals surface area contributed by atoms with Gasteiger partial charge >= 0.3 is 6.09 Å².